The predicted octanol–water partition coefficient (Wildman–Crippen LogP) is 4.19. The van der Waals surface area contributed by atoms with E-state index in [-0.39, 0.29) is 22.7 Å². The molecule has 0 saturated heterocycles. The number of hydrogen-bond acceptors (Lipinski definition) is 4. The van der Waals surface area contributed by atoms with Crippen LogP contribution in [0.3, 0.4) is 0 Å². The first kappa shape index (κ1) is 16.8. The van der Waals surface area contributed by atoms with E-state index in [0.717, 1.165) is 12.8 Å². The minimum absolute atomic E-state index is 0.106. The van der Waals surface area contributed by atoms with Crippen LogP contribution in [0.1, 0.15) is 12.8 Å². The summed E-state index contributed by atoms with van der Waals surface area (Å²) in [5.41, 5.74) is 0.703. The van der Waals surface area contributed by atoms with Gasteiger partial charge < -0.3 is 14.5 Å². The van der Waals surface area contributed by atoms with Gasteiger partial charge in [0.1, 0.15) is 11.3 Å². The maximum absolute atomic E-state index is 14.4. The lowest BCUT2D eigenvalue weighted by atomic mass is 10.2. The third-order valence-corrected chi connectivity index (χ3v) is 4.78. The van der Waals surface area contributed by atoms with Gasteiger partial charge in [-0.3, -0.25) is 0 Å². The summed E-state index contributed by atoms with van der Waals surface area (Å²) in [6, 6.07) is 4.27. The van der Waals surface area contributed by atoms with Crippen molar-refractivity contribution in [3.63, 3.8) is 0 Å². The van der Waals surface area contributed by atoms with Crippen LogP contribution in [0.15, 0.2) is 43.2 Å². The first-order valence-corrected chi connectivity index (χ1v) is 8.85. The second-order valence-electron chi connectivity index (χ2n) is 6.86. The molecule has 4 aromatic rings. The van der Waals surface area contributed by atoms with E-state index in [1.165, 1.54) is 35.6 Å². The average molecular weight is 384 g/mol. The summed E-state index contributed by atoms with van der Waals surface area (Å²) >= 11 is 0. The highest BCUT2D eigenvalue weighted by atomic mass is 19.2. The van der Waals surface area contributed by atoms with E-state index in [0.29, 0.717) is 18.2 Å². The Morgan fingerprint density at radius 1 is 1.11 bits per heavy atom. The Morgan fingerprint density at radius 2 is 1.96 bits per heavy atom. The minimum atomic E-state index is -1.15. The smallest absolute Gasteiger partial charge is 0.203 e. The van der Waals surface area contributed by atoms with E-state index in [2.05, 4.69) is 20.3 Å². The van der Waals surface area contributed by atoms with Crippen LogP contribution in [-0.4, -0.2) is 24.1 Å². The number of aromatic nitrogens is 5. The monoisotopic (exact) mass is 384 g/mol. The van der Waals surface area contributed by atoms with E-state index in [1.807, 2.05) is 0 Å². The molecule has 3 heterocycles. The van der Waals surface area contributed by atoms with Gasteiger partial charge in [0.2, 0.25) is 5.82 Å². The summed E-state index contributed by atoms with van der Waals surface area (Å²) in [5.74, 6) is -2.55. The molecule has 0 bridgehead atoms. The van der Waals surface area contributed by atoms with Gasteiger partial charge in [0, 0.05) is 24.6 Å². The molecular weight excluding hydrogens is 369 g/mol. The zero-order valence-corrected chi connectivity index (χ0v) is 14.6. The lowest BCUT2D eigenvalue weighted by molar-refractivity contribution is 0.515. The van der Waals surface area contributed by atoms with Crippen LogP contribution in [0.5, 0.6) is 0 Å². The largest absolute Gasteiger partial charge is 0.338 e. The molecule has 28 heavy (non-hydrogen) atoms. The summed E-state index contributed by atoms with van der Waals surface area (Å²) in [6.45, 7) is 0.669. The van der Waals surface area contributed by atoms with Crippen LogP contribution in [-0.2, 0) is 6.54 Å². The second kappa shape index (κ2) is 6.36. The van der Waals surface area contributed by atoms with Crippen molar-refractivity contribution in [3.05, 3.63) is 60.7 Å². The molecule has 1 aromatic carbocycles. The van der Waals surface area contributed by atoms with Crippen LogP contribution in [0.2, 0.25) is 0 Å². The minimum Gasteiger partial charge on any atom is -0.338 e. The number of fused-ring (bicyclic) bond motifs is 1. The molecule has 1 fully saturated rings. The molecule has 9 heteroatoms. The third-order valence-electron chi connectivity index (χ3n) is 4.78. The molecular formula is C19H15F3N6. The maximum Gasteiger partial charge on any atom is 0.203 e. The number of halogens is 3. The van der Waals surface area contributed by atoms with Crippen molar-refractivity contribution < 1.29 is 13.2 Å². The average Bonchev–Trinajstić information content (AvgIpc) is 3.16. The highest BCUT2D eigenvalue weighted by molar-refractivity contribution is 5.75. The van der Waals surface area contributed by atoms with Crippen LogP contribution >= 0.6 is 0 Å². The van der Waals surface area contributed by atoms with Crippen LogP contribution in [0.4, 0.5) is 24.7 Å². The van der Waals surface area contributed by atoms with Gasteiger partial charge in [0.25, 0.3) is 0 Å². The van der Waals surface area contributed by atoms with Crippen molar-refractivity contribution in [2.24, 2.45) is 5.92 Å². The fraction of sp³-hybridized carbons (Fsp3) is 0.211. The molecule has 0 spiro atoms. The SMILES string of the molecule is Fc1cc(Nc2nc3c(ncn3CC3CC3)c(F)c2F)ccc1-n1ccnc1. The van der Waals surface area contributed by atoms with Gasteiger partial charge in [-0.1, -0.05) is 0 Å². The van der Waals surface area contributed by atoms with Crippen LogP contribution in [0, 0.1) is 23.4 Å². The zero-order chi connectivity index (χ0) is 19.3. The van der Waals surface area contributed by atoms with Crippen molar-refractivity contribution in [2.75, 3.05) is 5.32 Å². The summed E-state index contributed by atoms with van der Waals surface area (Å²) < 4.78 is 46.6. The number of imidazole rings is 2. The normalized spacial score (nSPS) is 14.0. The number of hydrogen-bond donors (Lipinski definition) is 1. The molecule has 0 amide bonds. The molecule has 1 aliphatic rings. The van der Waals surface area contributed by atoms with Crippen molar-refractivity contribution in [3.8, 4) is 5.69 Å². The number of nitrogens with one attached hydrogen (secondary N) is 1. The summed E-state index contributed by atoms with van der Waals surface area (Å²) in [7, 11) is 0. The van der Waals surface area contributed by atoms with Gasteiger partial charge in [-0.25, -0.2) is 23.7 Å². The fourth-order valence-electron chi connectivity index (χ4n) is 3.14. The fourth-order valence-corrected chi connectivity index (χ4v) is 3.14. The van der Waals surface area contributed by atoms with Gasteiger partial charge in [0.05, 0.1) is 18.3 Å². The lowest BCUT2D eigenvalue weighted by Crippen LogP contribution is -2.05. The lowest BCUT2D eigenvalue weighted by Gasteiger charge is -2.11. The quantitative estimate of drug-likeness (QED) is 0.561. The first-order chi connectivity index (χ1) is 13.6. The highest BCUT2D eigenvalue weighted by Crippen LogP contribution is 2.32. The summed E-state index contributed by atoms with van der Waals surface area (Å²) in [5, 5.41) is 2.67. The summed E-state index contributed by atoms with van der Waals surface area (Å²) in [4.78, 5) is 12.0. The Morgan fingerprint density at radius 3 is 2.68 bits per heavy atom. The van der Waals surface area contributed by atoms with Gasteiger partial charge in [-0.2, -0.15) is 4.39 Å². The Hall–Kier alpha value is -3.36. The third kappa shape index (κ3) is 2.88. The number of rotatable bonds is 5. The number of benzene rings is 1. The van der Waals surface area contributed by atoms with Gasteiger partial charge in [-0.15, -0.1) is 0 Å². The molecule has 3 aromatic heterocycles. The topological polar surface area (TPSA) is 60.6 Å². The standard InChI is InChI=1S/C19H15F3N6/c20-13-7-12(3-4-14(13)27-6-5-23-9-27)25-18-16(22)15(21)17-19(26-18)28(10-24-17)8-11-1-2-11/h3-7,9-11H,1-2,8H2,(H,25,26). The van der Waals surface area contributed by atoms with E-state index in [4.69, 9.17) is 0 Å². The molecule has 0 unspecified atom stereocenters. The Labute approximate surface area is 157 Å². The van der Waals surface area contributed by atoms with Crippen molar-refractivity contribution in [1.29, 1.82) is 0 Å². The van der Waals surface area contributed by atoms with Crippen LogP contribution < -0.4 is 5.32 Å². The second-order valence-corrected chi connectivity index (χ2v) is 6.86. The van der Waals surface area contributed by atoms with Gasteiger partial charge in [0.15, 0.2) is 17.3 Å². The molecule has 0 aliphatic heterocycles. The Kier molecular flexibility index (Phi) is 3.81. The number of anilines is 2. The van der Waals surface area contributed by atoms with E-state index < -0.39 is 17.5 Å². The van der Waals surface area contributed by atoms with E-state index in [1.54, 1.807) is 16.8 Å². The molecule has 1 saturated carbocycles. The molecule has 142 valence electrons. The Balaban J connectivity index is 1.50. The molecule has 0 atom stereocenters. The first-order valence-electron chi connectivity index (χ1n) is 8.85. The summed E-state index contributed by atoms with van der Waals surface area (Å²) in [6.07, 6.45) is 8.30. The molecule has 1 N–H and O–H groups in total. The van der Waals surface area contributed by atoms with Gasteiger partial charge >= 0.3 is 0 Å². The highest BCUT2D eigenvalue weighted by Gasteiger charge is 2.25. The van der Waals surface area contributed by atoms with E-state index in [9.17, 15) is 13.2 Å². The molecule has 0 radical (unpaired) electrons. The van der Waals surface area contributed by atoms with Crippen molar-refractivity contribution in [2.45, 2.75) is 19.4 Å². The molecule has 5 rings (SSSR count). The molecule has 1 aliphatic carbocycles. The van der Waals surface area contributed by atoms with Gasteiger partial charge in [-0.05, 0) is 37.0 Å². The van der Waals surface area contributed by atoms with E-state index >= 15 is 0 Å². The zero-order valence-electron chi connectivity index (χ0n) is 14.6. The Bertz CT molecular complexity index is 1160. The predicted molar refractivity (Wildman–Crippen MR) is 97.0 cm³/mol. The molecule has 6 nitrogen and oxygen atoms in total. The van der Waals surface area contributed by atoms with Crippen molar-refractivity contribution >= 4 is 22.7 Å². The van der Waals surface area contributed by atoms with Crippen LogP contribution in [0.25, 0.3) is 16.9 Å². The maximum atomic E-state index is 14.4. The van der Waals surface area contributed by atoms with Crippen molar-refractivity contribution in [1.82, 2.24) is 24.1 Å². The number of nitrogens with zero attached hydrogens (tertiary/aromatic N) is 5. The number of pyridine rings is 1.